The maximum Gasteiger partial charge on any atom is 0.187 e. The Bertz CT molecular complexity index is 2960. The van der Waals surface area contributed by atoms with Crippen LogP contribution in [0.3, 0.4) is 0 Å². The lowest BCUT2D eigenvalue weighted by atomic mass is 10.0. The van der Waals surface area contributed by atoms with Crippen LogP contribution < -0.4 is 4.90 Å². The van der Waals surface area contributed by atoms with Crippen molar-refractivity contribution in [3.8, 4) is 28.6 Å². The summed E-state index contributed by atoms with van der Waals surface area (Å²) in [5, 5.41) is 14.1. The predicted octanol–water partition coefficient (Wildman–Crippen LogP) is 13.4. The van der Waals surface area contributed by atoms with Gasteiger partial charge >= 0.3 is 0 Å². The van der Waals surface area contributed by atoms with E-state index in [1.165, 1.54) is 5.56 Å². The van der Waals surface area contributed by atoms with Gasteiger partial charge < -0.3 is 14.0 Å². The van der Waals surface area contributed by atoms with Crippen LogP contribution in [0.25, 0.3) is 71.0 Å². The van der Waals surface area contributed by atoms with E-state index in [0.29, 0.717) is 11.3 Å². The van der Waals surface area contributed by atoms with E-state index in [9.17, 15) is 5.26 Å². The zero-order valence-corrected chi connectivity index (χ0v) is 29.6. The van der Waals surface area contributed by atoms with Gasteiger partial charge in [0.25, 0.3) is 0 Å². The van der Waals surface area contributed by atoms with E-state index in [0.717, 1.165) is 77.6 Å². The molecule has 0 amide bonds. The molecule has 0 aliphatic rings. The van der Waals surface area contributed by atoms with Gasteiger partial charge in [-0.25, -0.2) is 4.85 Å². The average molecular weight is 702 g/mol. The van der Waals surface area contributed by atoms with Crippen molar-refractivity contribution in [2.24, 2.45) is 0 Å². The van der Waals surface area contributed by atoms with E-state index in [4.69, 9.17) is 6.57 Å². The highest BCUT2D eigenvalue weighted by atomic mass is 15.1. The molecule has 5 heteroatoms. The van der Waals surface area contributed by atoms with Crippen molar-refractivity contribution in [3.05, 3.63) is 205 Å². The fraction of sp³-hybridized carbons (Fsp3) is 0. The number of nitrogens with zero attached hydrogens (tertiary/aromatic N) is 5. The first-order valence-electron chi connectivity index (χ1n) is 18.2. The maximum atomic E-state index is 9.46. The number of para-hydroxylation sites is 2. The van der Waals surface area contributed by atoms with Gasteiger partial charge in [0, 0.05) is 50.0 Å². The monoisotopic (exact) mass is 701 g/mol. The van der Waals surface area contributed by atoms with Crippen molar-refractivity contribution < 1.29 is 0 Å². The van der Waals surface area contributed by atoms with Crippen LogP contribution >= 0.6 is 0 Å². The van der Waals surface area contributed by atoms with Gasteiger partial charge in [-0.3, -0.25) is 0 Å². The number of hydrogen-bond acceptors (Lipinski definition) is 2. The number of nitriles is 1. The summed E-state index contributed by atoms with van der Waals surface area (Å²) in [7, 11) is 0. The van der Waals surface area contributed by atoms with Gasteiger partial charge in [0.2, 0.25) is 0 Å². The largest absolute Gasteiger partial charge is 0.310 e. The highest BCUT2D eigenvalue weighted by molar-refractivity contribution is 6.12. The lowest BCUT2D eigenvalue weighted by Gasteiger charge is -2.26. The molecule has 0 bridgehead atoms. The van der Waals surface area contributed by atoms with Gasteiger partial charge in [-0.1, -0.05) is 91.0 Å². The Labute approximate surface area is 318 Å². The summed E-state index contributed by atoms with van der Waals surface area (Å²) in [6, 6.07) is 67.6. The number of aromatic nitrogens is 2. The van der Waals surface area contributed by atoms with Crippen LogP contribution in [0, 0.1) is 17.9 Å². The number of rotatable bonds is 6. The van der Waals surface area contributed by atoms with Gasteiger partial charge in [-0.05, 0) is 108 Å². The van der Waals surface area contributed by atoms with Crippen molar-refractivity contribution in [2.75, 3.05) is 4.90 Å². The molecule has 55 heavy (non-hydrogen) atoms. The molecule has 0 saturated heterocycles. The van der Waals surface area contributed by atoms with Gasteiger partial charge in [0.15, 0.2) is 5.69 Å². The summed E-state index contributed by atoms with van der Waals surface area (Å²) < 4.78 is 4.56. The third kappa shape index (κ3) is 5.31. The molecule has 2 heterocycles. The first-order chi connectivity index (χ1) is 27.2. The molecule has 10 rings (SSSR count). The highest BCUT2D eigenvalue weighted by Gasteiger charge is 2.20. The molecule has 10 aromatic rings. The van der Waals surface area contributed by atoms with Crippen LogP contribution in [0.15, 0.2) is 188 Å². The Morgan fingerprint density at radius 3 is 1.42 bits per heavy atom. The minimum absolute atomic E-state index is 0.623. The molecular formula is C50H31N5. The number of benzene rings is 8. The van der Waals surface area contributed by atoms with Gasteiger partial charge in [-0.2, -0.15) is 5.26 Å². The van der Waals surface area contributed by atoms with Crippen molar-refractivity contribution in [3.63, 3.8) is 0 Å². The highest BCUT2D eigenvalue weighted by Crippen LogP contribution is 2.42. The second-order valence-corrected chi connectivity index (χ2v) is 13.6. The van der Waals surface area contributed by atoms with Gasteiger partial charge in [0.1, 0.15) is 0 Å². The quantitative estimate of drug-likeness (QED) is 0.162. The second kappa shape index (κ2) is 13.0. The van der Waals surface area contributed by atoms with E-state index in [1.807, 2.05) is 54.6 Å². The number of fused-ring (bicyclic) bond motifs is 6. The van der Waals surface area contributed by atoms with Crippen molar-refractivity contribution in [2.45, 2.75) is 0 Å². The summed E-state index contributed by atoms with van der Waals surface area (Å²) in [5.41, 5.74) is 13.2. The van der Waals surface area contributed by atoms with Gasteiger partial charge in [0.05, 0.1) is 40.3 Å². The van der Waals surface area contributed by atoms with E-state index in [1.54, 1.807) is 0 Å². The molecule has 256 valence electrons. The number of anilines is 3. The van der Waals surface area contributed by atoms with Crippen LogP contribution in [-0.2, 0) is 0 Å². The molecule has 0 radical (unpaired) electrons. The summed E-state index contributed by atoms with van der Waals surface area (Å²) in [6.07, 6.45) is 0. The van der Waals surface area contributed by atoms with Crippen LogP contribution in [0.1, 0.15) is 5.56 Å². The fourth-order valence-corrected chi connectivity index (χ4v) is 8.00. The number of hydrogen-bond donors (Lipinski definition) is 0. The van der Waals surface area contributed by atoms with E-state index >= 15 is 0 Å². The lowest BCUT2D eigenvalue weighted by molar-refractivity contribution is 1.18. The molecule has 0 atom stereocenters. The molecule has 0 N–H and O–H groups in total. The molecule has 0 aliphatic heterocycles. The molecule has 0 spiro atoms. The Morgan fingerprint density at radius 2 is 0.891 bits per heavy atom. The normalized spacial score (nSPS) is 11.2. The Kier molecular flexibility index (Phi) is 7.51. The third-order valence-corrected chi connectivity index (χ3v) is 10.6. The van der Waals surface area contributed by atoms with Crippen LogP contribution in [0.5, 0.6) is 0 Å². The Balaban J connectivity index is 1.18. The Morgan fingerprint density at radius 1 is 0.436 bits per heavy atom. The molecule has 0 fully saturated rings. The Hall–Kier alpha value is -7.86. The smallest absolute Gasteiger partial charge is 0.187 e. The third-order valence-electron chi connectivity index (χ3n) is 10.6. The lowest BCUT2D eigenvalue weighted by Crippen LogP contribution is -2.10. The summed E-state index contributed by atoms with van der Waals surface area (Å²) in [6.45, 7) is 7.45. The zero-order chi connectivity index (χ0) is 36.9. The van der Waals surface area contributed by atoms with Crippen LogP contribution in [0.2, 0.25) is 0 Å². The van der Waals surface area contributed by atoms with E-state index in [-0.39, 0.29) is 0 Å². The zero-order valence-electron chi connectivity index (χ0n) is 29.6. The molecule has 0 unspecified atom stereocenters. The maximum absolute atomic E-state index is 9.46. The standard InChI is InChI=1S/C50H31N5/c1-52-37-19-25-40(26-20-37)55-48-14-8-6-12-44(48)46-32-42(28-30-50(46)55)53(38-23-17-36(18-24-38)35-9-3-2-4-10-35)41-27-29-49-45(31-41)43-11-5-7-13-47(43)54(49)39-21-15-34(33-51)16-22-39/h2-32H. The molecule has 0 aliphatic carbocycles. The van der Waals surface area contributed by atoms with Gasteiger partial charge in [-0.15, -0.1) is 0 Å². The summed E-state index contributed by atoms with van der Waals surface area (Å²) in [5.74, 6) is 0. The van der Waals surface area contributed by atoms with E-state index < -0.39 is 0 Å². The molecular weight excluding hydrogens is 671 g/mol. The minimum atomic E-state index is 0.623. The summed E-state index contributed by atoms with van der Waals surface area (Å²) >= 11 is 0. The summed E-state index contributed by atoms with van der Waals surface area (Å²) in [4.78, 5) is 5.96. The molecule has 0 saturated carbocycles. The van der Waals surface area contributed by atoms with Crippen LogP contribution in [-0.4, -0.2) is 9.13 Å². The minimum Gasteiger partial charge on any atom is -0.310 e. The predicted molar refractivity (Wildman–Crippen MR) is 226 cm³/mol. The van der Waals surface area contributed by atoms with Crippen molar-refractivity contribution in [1.29, 1.82) is 5.26 Å². The molecule has 2 aromatic heterocycles. The van der Waals surface area contributed by atoms with Crippen molar-refractivity contribution in [1.82, 2.24) is 9.13 Å². The molecule has 5 nitrogen and oxygen atoms in total. The molecule has 8 aromatic carbocycles. The van der Waals surface area contributed by atoms with E-state index in [2.05, 4.69) is 158 Å². The average Bonchev–Trinajstić information content (AvgIpc) is 3.77. The fourth-order valence-electron chi connectivity index (χ4n) is 8.00. The van der Waals surface area contributed by atoms with Crippen molar-refractivity contribution >= 4 is 66.4 Å². The second-order valence-electron chi connectivity index (χ2n) is 13.6. The first-order valence-corrected chi connectivity index (χ1v) is 18.2. The topological polar surface area (TPSA) is 41.2 Å². The SMILES string of the molecule is [C-]#[N+]c1ccc(-n2c3ccccc3c3cc(N(c4ccc(-c5ccccc5)cc4)c4ccc5c(c4)c4ccccc4n5-c4ccc(C#N)cc4)ccc32)cc1. The first kappa shape index (κ1) is 31.8. The van der Waals surface area contributed by atoms with Crippen LogP contribution in [0.4, 0.5) is 22.7 Å².